The highest BCUT2D eigenvalue weighted by molar-refractivity contribution is 7.10. The molecule has 0 bridgehead atoms. The molecule has 2 aromatic rings. The molecule has 1 saturated heterocycles. The lowest BCUT2D eigenvalue weighted by atomic mass is 10.1. The van der Waals surface area contributed by atoms with Crippen molar-refractivity contribution in [2.45, 2.75) is 32.5 Å². The highest BCUT2D eigenvalue weighted by Crippen LogP contribution is 2.22. The summed E-state index contributed by atoms with van der Waals surface area (Å²) in [6.45, 7) is 7.30. The van der Waals surface area contributed by atoms with Crippen LogP contribution in [0.3, 0.4) is 0 Å². The number of carbonyl (C=O) groups is 2. The molecule has 156 valence electrons. The van der Waals surface area contributed by atoms with Crippen LogP contribution in [-0.2, 0) is 22.7 Å². The van der Waals surface area contributed by atoms with Crippen LogP contribution < -0.4 is 10.6 Å². The van der Waals surface area contributed by atoms with Crippen molar-refractivity contribution in [3.05, 3.63) is 57.8 Å². The van der Waals surface area contributed by atoms with Gasteiger partial charge in [0.2, 0.25) is 11.8 Å². The topological polar surface area (TPSA) is 64.7 Å². The van der Waals surface area contributed by atoms with Crippen molar-refractivity contribution in [2.75, 3.05) is 33.2 Å². The number of nitrogens with one attached hydrogen (secondary N) is 2. The number of hydrogen-bond donors (Lipinski definition) is 2. The number of likely N-dealkylation sites (N-methyl/N-ethyl adjacent to an activating group) is 1. The van der Waals surface area contributed by atoms with E-state index in [2.05, 4.69) is 45.7 Å². The smallest absolute Gasteiger partial charge is 0.222 e. The zero-order valence-electron chi connectivity index (χ0n) is 17.2. The van der Waals surface area contributed by atoms with Crippen LogP contribution in [0.5, 0.6) is 0 Å². The van der Waals surface area contributed by atoms with Gasteiger partial charge >= 0.3 is 0 Å². The molecular weight excluding hydrogens is 384 g/mol. The third kappa shape index (κ3) is 6.96. The van der Waals surface area contributed by atoms with E-state index in [0.717, 1.165) is 43.2 Å². The first kappa shape index (κ1) is 21.5. The molecule has 1 aliphatic rings. The molecule has 7 heteroatoms. The maximum atomic E-state index is 12.5. The van der Waals surface area contributed by atoms with Gasteiger partial charge in [0.15, 0.2) is 0 Å². The van der Waals surface area contributed by atoms with Crippen LogP contribution in [-0.4, -0.2) is 54.8 Å². The Balaban J connectivity index is 1.51. The van der Waals surface area contributed by atoms with Gasteiger partial charge in [-0.1, -0.05) is 30.3 Å². The van der Waals surface area contributed by atoms with E-state index in [4.69, 9.17) is 0 Å². The Morgan fingerprint density at radius 1 is 1.10 bits per heavy atom. The lowest BCUT2D eigenvalue weighted by Crippen LogP contribution is -2.43. The lowest BCUT2D eigenvalue weighted by molar-refractivity contribution is -0.122. The first-order chi connectivity index (χ1) is 14.0. The molecule has 2 N–H and O–H groups in total. The maximum Gasteiger partial charge on any atom is 0.222 e. The highest BCUT2D eigenvalue weighted by Gasteiger charge is 2.18. The van der Waals surface area contributed by atoms with Crippen molar-refractivity contribution in [1.82, 2.24) is 20.4 Å². The minimum Gasteiger partial charge on any atom is -0.352 e. The quantitative estimate of drug-likeness (QED) is 0.696. The second-order valence-corrected chi connectivity index (χ2v) is 8.63. The van der Waals surface area contributed by atoms with Crippen LogP contribution >= 0.6 is 11.3 Å². The van der Waals surface area contributed by atoms with Crippen LogP contribution in [0.15, 0.2) is 41.8 Å². The second-order valence-electron chi connectivity index (χ2n) is 7.65. The van der Waals surface area contributed by atoms with Crippen molar-refractivity contribution in [2.24, 2.45) is 0 Å². The third-order valence-corrected chi connectivity index (χ3v) is 6.12. The Kier molecular flexibility index (Phi) is 7.80. The first-order valence-corrected chi connectivity index (χ1v) is 10.9. The summed E-state index contributed by atoms with van der Waals surface area (Å²) >= 11 is 1.55. The molecule has 1 aromatic heterocycles. The van der Waals surface area contributed by atoms with E-state index in [1.54, 1.807) is 11.3 Å². The summed E-state index contributed by atoms with van der Waals surface area (Å²) in [4.78, 5) is 29.8. The van der Waals surface area contributed by atoms with E-state index < -0.39 is 0 Å². The monoisotopic (exact) mass is 414 g/mol. The maximum absolute atomic E-state index is 12.5. The third-order valence-electron chi connectivity index (χ3n) is 5.14. The van der Waals surface area contributed by atoms with Gasteiger partial charge in [-0.15, -0.1) is 11.3 Å². The second kappa shape index (κ2) is 10.5. The van der Waals surface area contributed by atoms with Crippen LogP contribution in [0.4, 0.5) is 0 Å². The number of thiophene rings is 1. The molecule has 1 aliphatic heterocycles. The van der Waals surface area contributed by atoms with Gasteiger partial charge in [0, 0.05) is 51.1 Å². The number of nitrogens with zero attached hydrogens (tertiary/aromatic N) is 2. The molecule has 0 spiro atoms. The highest BCUT2D eigenvalue weighted by atomic mass is 32.1. The predicted molar refractivity (Wildman–Crippen MR) is 117 cm³/mol. The summed E-state index contributed by atoms with van der Waals surface area (Å²) in [6, 6.07) is 12.0. The van der Waals surface area contributed by atoms with Gasteiger partial charge in [0.1, 0.15) is 0 Å². The summed E-state index contributed by atoms with van der Waals surface area (Å²) in [5.41, 5.74) is 2.37. The number of benzene rings is 1. The number of piperazine rings is 1. The van der Waals surface area contributed by atoms with E-state index in [1.807, 2.05) is 23.6 Å². The van der Waals surface area contributed by atoms with Gasteiger partial charge in [-0.3, -0.25) is 14.5 Å². The fraction of sp³-hybridized carbons (Fsp3) is 0.455. The fourth-order valence-corrected chi connectivity index (χ4v) is 4.30. The molecule has 3 rings (SSSR count). The summed E-state index contributed by atoms with van der Waals surface area (Å²) < 4.78 is 0. The van der Waals surface area contributed by atoms with Crippen LogP contribution in [0.25, 0.3) is 0 Å². The Labute approximate surface area is 176 Å². The average molecular weight is 415 g/mol. The average Bonchev–Trinajstić information content (AvgIpc) is 3.23. The van der Waals surface area contributed by atoms with E-state index in [-0.39, 0.29) is 24.3 Å². The normalized spacial score (nSPS) is 16.3. The SMILES string of the molecule is CC(=O)NC(CC(=O)NCc1cccc(CN2CCN(C)CC2)c1)c1cccs1. The number of hydrogen-bond acceptors (Lipinski definition) is 5. The summed E-state index contributed by atoms with van der Waals surface area (Å²) in [6.07, 6.45) is 0.237. The van der Waals surface area contributed by atoms with Gasteiger partial charge in [-0.25, -0.2) is 0 Å². The van der Waals surface area contributed by atoms with Gasteiger partial charge < -0.3 is 15.5 Å². The van der Waals surface area contributed by atoms with Crippen LogP contribution in [0, 0.1) is 0 Å². The van der Waals surface area contributed by atoms with Gasteiger partial charge in [0.25, 0.3) is 0 Å². The van der Waals surface area contributed by atoms with Crippen molar-refractivity contribution in [1.29, 1.82) is 0 Å². The van der Waals surface area contributed by atoms with Crippen LogP contribution in [0.2, 0.25) is 0 Å². The van der Waals surface area contributed by atoms with Crippen molar-refractivity contribution in [3.8, 4) is 0 Å². The molecule has 2 amide bonds. The zero-order chi connectivity index (χ0) is 20.6. The summed E-state index contributed by atoms with van der Waals surface area (Å²) in [5.74, 6) is -0.200. The molecule has 29 heavy (non-hydrogen) atoms. The molecule has 0 aliphatic carbocycles. The van der Waals surface area contributed by atoms with Gasteiger partial charge in [-0.05, 0) is 29.6 Å². The van der Waals surface area contributed by atoms with Crippen molar-refractivity contribution < 1.29 is 9.59 Å². The summed E-state index contributed by atoms with van der Waals surface area (Å²) in [5, 5.41) is 7.82. The standard InChI is InChI=1S/C22H30N4O2S/c1-17(27)24-20(21-7-4-12-29-21)14-22(28)23-15-18-5-3-6-19(13-18)16-26-10-8-25(2)9-11-26/h3-7,12-13,20H,8-11,14-16H2,1-2H3,(H,23,28)(H,24,27). The Bertz CT molecular complexity index is 801. The molecule has 2 heterocycles. The zero-order valence-corrected chi connectivity index (χ0v) is 18.0. The summed E-state index contributed by atoms with van der Waals surface area (Å²) in [7, 11) is 2.16. The molecule has 1 unspecified atom stereocenters. The fourth-order valence-electron chi connectivity index (χ4n) is 3.52. The van der Waals surface area contributed by atoms with Crippen molar-refractivity contribution >= 4 is 23.2 Å². The number of carbonyl (C=O) groups excluding carboxylic acids is 2. The first-order valence-electron chi connectivity index (χ1n) is 10.1. The molecule has 1 aromatic carbocycles. The van der Waals surface area contributed by atoms with Crippen LogP contribution in [0.1, 0.15) is 35.4 Å². The van der Waals surface area contributed by atoms with Gasteiger partial charge in [0.05, 0.1) is 12.5 Å². The Hall–Kier alpha value is -2.22. The Morgan fingerprint density at radius 2 is 1.86 bits per heavy atom. The van der Waals surface area contributed by atoms with Crippen molar-refractivity contribution in [3.63, 3.8) is 0 Å². The minimum absolute atomic E-state index is 0.0679. The van der Waals surface area contributed by atoms with E-state index in [0.29, 0.717) is 6.54 Å². The molecule has 0 radical (unpaired) electrons. The molecule has 6 nitrogen and oxygen atoms in total. The molecule has 1 fully saturated rings. The van der Waals surface area contributed by atoms with E-state index in [1.165, 1.54) is 12.5 Å². The molecule has 1 atom stereocenters. The molecular formula is C22H30N4O2S. The van der Waals surface area contributed by atoms with E-state index in [9.17, 15) is 9.59 Å². The lowest BCUT2D eigenvalue weighted by Gasteiger charge is -2.32. The van der Waals surface area contributed by atoms with Gasteiger partial charge in [-0.2, -0.15) is 0 Å². The molecule has 0 saturated carbocycles. The largest absolute Gasteiger partial charge is 0.352 e. The minimum atomic E-state index is -0.281. The Morgan fingerprint density at radius 3 is 2.55 bits per heavy atom. The number of rotatable bonds is 8. The van der Waals surface area contributed by atoms with E-state index >= 15 is 0 Å². The predicted octanol–water partition coefficient (Wildman–Crippen LogP) is 2.38. The number of amides is 2.